The first-order chi connectivity index (χ1) is 11.6. The van der Waals surface area contributed by atoms with E-state index in [0.717, 1.165) is 25.9 Å². The smallest absolute Gasteiger partial charge is 0.325 e. The van der Waals surface area contributed by atoms with Crippen molar-refractivity contribution < 1.29 is 14.0 Å². The Bertz CT molecular complexity index is 726. The molecule has 6 nitrogen and oxygen atoms in total. The maximum Gasteiger partial charge on any atom is 0.325 e. The fourth-order valence-corrected chi connectivity index (χ4v) is 3.18. The Balaban J connectivity index is 1.52. The Morgan fingerprint density at radius 3 is 2.58 bits per heavy atom. The topological polar surface area (TPSA) is 74.3 Å². The first-order valence-corrected chi connectivity index (χ1v) is 8.54. The molecule has 2 N–H and O–H groups in total. The third kappa shape index (κ3) is 4.29. The SMILES string of the molecule is O=C(Nc1ccc(F)cc1)Nc1nc(CC(=O)N2CCCC2)cs1. The summed E-state index contributed by atoms with van der Waals surface area (Å²) >= 11 is 1.26. The summed E-state index contributed by atoms with van der Waals surface area (Å²) in [5.41, 5.74) is 1.13. The molecule has 0 atom stereocenters. The van der Waals surface area contributed by atoms with Gasteiger partial charge in [0.2, 0.25) is 5.91 Å². The van der Waals surface area contributed by atoms with E-state index in [-0.39, 0.29) is 18.1 Å². The van der Waals surface area contributed by atoms with Crippen molar-refractivity contribution in [2.75, 3.05) is 23.7 Å². The second kappa shape index (κ2) is 7.39. The van der Waals surface area contributed by atoms with E-state index in [1.54, 1.807) is 5.38 Å². The number of aromatic nitrogens is 1. The molecule has 8 heteroatoms. The molecule has 0 radical (unpaired) electrons. The molecule has 0 spiro atoms. The minimum absolute atomic E-state index is 0.0695. The van der Waals surface area contributed by atoms with Crippen molar-refractivity contribution in [2.45, 2.75) is 19.3 Å². The quantitative estimate of drug-likeness (QED) is 0.892. The molecular weight excluding hydrogens is 331 g/mol. The Labute approximate surface area is 142 Å². The number of carbonyl (C=O) groups excluding carboxylic acids is 2. The molecule has 1 saturated heterocycles. The van der Waals surface area contributed by atoms with Crippen LogP contribution in [-0.4, -0.2) is 34.9 Å². The third-order valence-corrected chi connectivity index (χ3v) is 4.47. The number of hydrogen-bond acceptors (Lipinski definition) is 4. The number of anilines is 2. The van der Waals surface area contributed by atoms with Crippen molar-refractivity contribution in [3.05, 3.63) is 41.2 Å². The van der Waals surface area contributed by atoms with Gasteiger partial charge in [0.25, 0.3) is 0 Å². The lowest BCUT2D eigenvalue weighted by atomic mass is 10.3. The molecule has 0 aliphatic carbocycles. The minimum Gasteiger partial charge on any atom is -0.342 e. The zero-order valence-corrected chi connectivity index (χ0v) is 13.7. The Morgan fingerprint density at radius 1 is 1.17 bits per heavy atom. The highest BCUT2D eigenvalue weighted by atomic mass is 32.1. The van der Waals surface area contributed by atoms with Gasteiger partial charge in [0.1, 0.15) is 5.82 Å². The summed E-state index contributed by atoms with van der Waals surface area (Å²) in [4.78, 5) is 30.1. The number of nitrogens with one attached hydrogen (secondary N) is 2. The monoisotopic (exact) mass is 348 g/mol. The number of benzene rings is 1. The van der Waals surface area contributed by atoms with Crippen molar-refractivity contribution in [1.29, 1.82) is 0 Å². The molecule has 1 aliphatic rings. The summed E-state index contributed by atoms with van der Waals surface area (Å²) in [6.07, 6.45) is 2.36. The third-order valence-electron chi connectivity index (χ3n) is 3.67. The molecule has 1 aliphatic heterocycles. The molecular formula is C16H17FN4O2S. The lowest BCUT2D eigenvalue weighted by Crippen LogP contribution is -2.29. The van der Waals surface area contributed by atoms with Gasteiger partial charge in [0.05, 0.1) is 12.1 Å². The summed E-state index contributed by atoms with van der Waals surface area (Å²) < 4.78 is 12.8. The molecule has 0 saturated carbocycles. The Hall–Kier alpha value is -2.48. The molecule has 3 rings (SSSR count). The molecule has 1 aromatic heterocycles. The van der Waals surface area contributed by atoms with Gasteiger partial charge in [-0.15, -0.1) is 11.3 Å². The molecule has 0 unspecified atom stereocenters. The summed E-state index contributed by atoms with van der Waals surface area (Å²) in [5.74, 6) is -0.298. The van der Waals surface area contributed by atoms with E-state index in [2.05, 4.69) is 15.6 Å². The van der Waals surface area contributed by atoms with Crippen LogP contribution in [0.1, 0.15) is 18.5 Å². The molecule has 24 heavy (non-hydrogen) atoms. The van der Waals surface area contributed by atoms with E-state index < -0.39 is 6.03 Å². The largest absolute Gasteiger partial charge is 0.342 e. The molecule has 2 aromatic rings. The maximum atomic E-state index is 12.8. The van der Waals surface area contributed by atoms with Gasteiger partial charge in [0.15, 0.2) is 5.13 Å². The lowest BCUT2D eigenvalue weighted by molar-refractivity contribution is -0.129. The van der Waals surface area contributed by atoms with Crippen molar-refractivity contribution in [2.24, 2.45) is 0 Å². The number of hydrogen-bond donors (Lipinski definition) is 2. The second-order valence-electron chi connectivity index (χ2n) is 5.49. The number of likely N-dealkylation sites (tertiary alicyclic amines) is 1. The van der Waals surface area contributed by atoms with Gasteiger partial charge in [0, 0.05) is 24.2 Å². The number of nitrogens with zero attached hydrogens (tertiary/aromatic N) is 2. The van der Waals surface area contributed by atoms with Crippen LogP contribution in [0.15, 0.2) is 29.6 Å². The van der Waals surface area contributed by atoms with Gasteiger partial charge in [-0.05, 0) is 37.1 Å². The standard InChI is InChI=1S/C16H17FN4O2S/c17-11-3-5-12(6-4-11)18-15(23)20-16-19-13(10-24-16)9-14(22)21-7-1-2-8-21/h3-6,10H,1-2,7-9H2,(H2,18,19,20,23). The maximum absolute atomic E-state index is 12.8. The number of halogens is 1. The van der Waals surface area contributed by atoms with Gasteiger partial charge < -0.3 is 10.2 Å². The lowest BCUT2D eigenvalue weighted by Gasteiger charge is -2.13. The first kappa shape index (κ1) is 16.4. The van der Waals surface area contributed by atoms with Crippen LogP contribution in [0.4, 0.5) is 20.0 Å². The highest BCUT2D eigenvalue weighted by Gasteiger charge is 2.19. The molecule has 1 fully saturated rings. The van der Waals surface area contributed by atoms with E-state index in [0.29, 0.717) is 16.5 Å². The number of thiazole rings is 1. The van der Waals surface area contributed by atoms with Crippen molar-refractivity contribution >= 4 is 34.1 Å². The Kier molecular flexibility index (Phi) is 5.05. The highest BCUT2D eigenvalue weighted by molar-refractivity contribution is 7.14. The fourth-order valence-electron chi connectivity index (χ4n) is 2.47. The number of carbonyl (C=O) groups is 2. The van der Waals surface area contributed by atoms with Crippen LogP contribution in [0, 0.1) is 5.82 Å². The number of amides is 3. The van der Waals surface area contributed by atoms with Gasteiger partial charge in [-0.25, -0.2) is 14.2 Å². The normalized spacial score (nSPS) is 13.8. The first-order valence-electron chi connectivity index (χ1n) is 7.66. The van der Waals surface area contributed by atoms with Crippen LogP contribution >= 0.6 is 11.3 Å². The number of rotatable bonds is 4. The fraction of sp³-hybridized carbons (Fsp3) is 0.312. The summed E-state index contributed by atoms with van der Waals surface area (Å²) in [6, 6.07) is 5.00. The summed E-state index contributed by atoms with van der Waals surface area (Å²) in [6.45, 7) is 1.63. The average Bonchev–Trinajstić information content (AvgIpc) is 3.21. The van der Waals surface area contributed by atoms with Gasteiger partial charge in [-0.1, -0.05) is 0 Å². The molecule has 126 valence electrons. The van der Waals surface area contributed by atoms with Crippen molar-refractivity contribution in [3.63, 3.8) is 0 Å². The van der Waals surface area contributed by atoms with Gasteiger partial charge in [-0.2, -0.15) is 0 Å². The number of urea groups is 1. The molecule has 1 aromatic carbocycles. The van der Waals surface area contributed by atoms with Gasteiger partial charge >= 0.3 is 6.03 Å². The van der Waals surface area contributed by atoms with Crippen LogP contribution in [-0.2, 0) is 11.2 Å². The predicted octanol–water partition coefficient (Wildman–Crippen LogP) is 3.09. The van der Waals surface area contributed by atoms with Crippen LogP contribution in [0.3, 0.4) is 0 Å². The molecule has 3 amide bonds. The van der Waals surface area contributed by atoms with Crippen molar-refractivity contribution in [1.82, 2.24) is 9.88 Å². The summed E-state index contributed by atoms with van der Waals surface area (Å²) in [7, 11) is 0. The Morgan fingerprint density at radius 2 is 1.88 bits per heavy atom. The minimum atomic E-state index is -0.464. The van der Waals surface area contributed by atoms with E-state index in [4.69, 9.17) is 0 Å². The van der Waals surface area contributed by atoms with Crippen LogP contribution in [0.2, 0.25) is 0 Å². The molecule has 0 bridgehead atoms. The average molecular weight is 348 g/mol. The summed E-state index contributed by atoms with van der Waals surface area (Å²) in [5, 5.41) is 7.38. The van der Waals surface area contributed by atoms with Crippen LogP contribution < -0.4 is 10.6 Å². The zero-order valence-electron chi connectivity index (χ0n) is 12.9. The van der Waals surface area contributed by atoms with E-state index in [1.807, 2.05) is 4.90 Å². The van der Waals surface area contributed by atoms with Crippen LogP contribution in [0.25, 0.3) is 0 Å². The van der Waals surface area contributed by atoms with E-state index in [1.165, 1.54) is 35.6 Å². The second-order valence-corrected chi connectivity index (χ2v) is 6.35. The highest BCUT2D eigenvalue weighted by Crippen LogP contribution is 2.18. The predicted molar refractivity (Wildman–Crippen MR) is 90.7 cm³/mol. The van der Waals surface area contributed by atoms with Gasteiger partial charge in [-0.3, -0.25) is 10.1 Å². The zero-order chi connectivity index (χ0) is 16.9. The van der Waals surface area contributed by atoms with E-state index in [9.17, 15) is 14.0 Å². The molecule has 2 heterocycles. The van der Waals surface area contributed by atoms with Crippen LogP contribution in [0.5, 0.6) is 0 Å². The van der Waals surface area contributed by atoms with E-state index >= 15 is 0 Å². The van der Waals surface area contributed by atoms with Crippen molar-refractivity contribution in [3.8, 4) is 0 Å².